The van der Waals surface area contributed by atoms with E-state index in [2.05, 4.69) is 5.32 Å². The van der Waals surface area contributed by atoms with Crippen LogP contribution in [-0.2, 0) is 4.74 Å². The van der Waals surface area contributed by atoms with E-state index in [1.54, 1.807) is 0 Å². The van der Waals surface area contributed by atoms with Gasteiger partial charge in [0.25, 0.3) is 0 Å². The van der Waals surface area contributed by atoms with Crippen LogP contribution in [0.5, 0.6) is 0 Å². The molecule has 0 radical (unpaired) electrons. The molecule has 0 aromatic rings. The van der Waals surface area contributed by atoms with Gasteiger partial charge in [-0.25, -0.2) is 0 Å². The summed E-state index contributed by atoms with van der Waals surface area (Å²) >= 11 is 0. The van der Waals surface area contributed by atoms with E-state index in [0.717, 1.165) is 6.42 Å². The van der Waals surface area contributed by atoms with Crippen molar-refractivity contribution < 1.29 is 14.9 Å². The summed E-state index contributed by atoms with van der Waals surface area (Å²) in [6, 6.07) is 0. The molecule has 1 atom stereocenters. The van der Waals surface area contributed by atoms with Crippen molar-refractivity contribution in [1.82, 2.24) is 5.32 Å². The Kier molecular flexibility index (Phi) is 6.28. The van der Waals surface area contributed by atoms with Crippen LogP contribution >= 0.6 is 0 Å². The topological polar surface area (TPSA) is 61.7 Å². The van der Waals surface area contributed by atoms with Gasteiger partial charge in [0.15, 0.2) is 0 Å². The third-order valence-electron chi connectivity index (χ3n) is 1.80. The Labute approximate surface area is 73.5 Å². The molecule has 0 aliphatic heterocycles. The van der Waals surface area contributed by atoms with Crippen LogP contribution in [0, 0.1) is 0 Å². The molecule has 0 saturated carbocycles. The average molecular weight is 177 g/mol. The Morgan fingerprint density at radius 3 is 2.42 bits per heavy atom. The third-order valence-corrected chi connectivity index (χ3v) is 1.80. The minimum atomic E-state index is -0.425. The number of ether oxygens (including phenoxy) is 1. The van der Waals surface area contributed by atoms with Crippen molar-refractivity contribution in [3.8, 4) is 0 Å². The number of aliphatic hydroxyl groups excluding tert-OH is 2. The fraction of sp³-hybridized carbons (Fsp3) is 1.00. The van der Waals surface area contributed by atoms with E-state index in [1.807, 2.05) is 13.8 Å². The summed E-state index contributed by atoms with van der Waals surface area (Å²) in [4.78, 5) is 0. The molecule has 0 saturated heterocycles. The predicted molar refractivity (Wildman–Crippen MR) is 46.8 cm³/mol. The van der Waals surface area contributed by atoms with Gasteiger partial charge in [-0.05, 0) is 13.3 Å². The first-order chi connectivity index (χ1) is 5.68. The van der Waals surface area contributed by atoms with Crippen molar-refractivity contribution >= 4 is 0 Å². The minimum Gasteiger partial charge on any atom is -0.395 e. The van der Waals surface area contributed by atoms with Gasteiger partial charge in [0.1, 0.15) is 5.72 Å². The van der Waals surface area contributed by atoms with Crippen molar-refractivity contribution in [3.63, 3.8) is 0 Å². The lowest BCUT2D eigenvalue weighted by atomic mass is 10.2. The van der Waals surface area contributed by atoms with E-state index in [-0.39, 0.29) is 13.2 Å². The zero-order valence-electron chi connectivity index (χ0n) is 7.84. The molecule has 12 heavy (non-hydrogen) atoms. The van der Waals surface area contributed by atoms with Gasteiger partial charge in [-0.2, -0.15) is 0 Å². The molecule has 0 rings (SSSR count). The van der Waals surface area contributed by atoms with E-state index in [1.165, 1.54) is 0 Å². The van der Waals surface area contributed by atoms with Gasteiger partial charge in [-0.3, -0.25) is 5.32 Å². The molecule has 0 heterocycles. The number of aliphatic hydroxyl groups is 2. The first-order valence-corrected chi connectivity index (χ1v) is 4.29. The molecule has 3 N–H and O–H groups in total. The molecular formula is C8H19NO3. The molecule has 74 valence electrons. The molecule has 0 bridgehead atoms. The van der Waals surface area contributed by atoms with Gasteiger partial charge in [0, 0.05) is 6.54 Å². The zero-order chi connectivity index (χ0) is 9.45. The smallest absolute Gasteiger partial charge is 0.116 e. The zero-order valence-corrected chi connectivity index (χ0v) is 7.84. The van der Waals surface area contributed by atoms with Gasteiger partial charge in [0.2, 0.25) is 0 Å². The Hall–Kier alpha value is -0.160. The molecule has 0 aromatic carbocycles. The number of hydrogen-bond acceptors (Lipinski definition) is 4. The summed E-state index contributed by atoms with van der Waals surface area (Å²) in [7, 11) is 0. The standard InChI is InChI=1S/C8H19NO3/c1-3-8(2,9-4-5-10)12-7-6-11/h9-11H,3-7H2,1-2H3. The lowest BCUT2D eigenvalue weighted by Crippen LogP contribution is -2.46. The van der Waals surface area contributed by atoms with Crippen LogP contribution in [0.2, 0.25) is 0 Å². The molecule has 0 fully saturated rings. The second-order valence-electron chi connectivity index (χ2n) is 2.81. The van der Waals surface area contributed by atoms with E-state index in [4.69, 9.17) is 14.9 Å². The van der Waals surface area contributed by atoms with Gasteiger partial charge >= 0.3 is 0 Å². The molecule has 1 unspecified atom stereocenters. The average Bonchev–Trinajstić information content (AvgIpc) is 2.11. The number of nitrogens with one attached hydrogen (secondary N) is 1. The number of hydrogen-bond donors (Lipinski definition) is 3. The Balaban J connectivity index is 3.70. The summed E-state index contributed by atoms with van der Waals surface area (Å²) in [6.07, 6.45) is 0.799. The molecule has 0 spiro atoms. The highest BCUT2D eigenvalue weighted by atomic mass is 16.5. The summed E-state index contributed by atoms with van der Waals surface area (Å²) in [5.41, 5.74) is -0.425. The first-order valence-electron chi connectivity index (χ1n) is 4.29. The second-order valence-corrected chi connectivity index (χ2v) is 2.81. The molecule has 0 amide bonds. The molecule has 0 aromatic heterocycles. The summed E-state index contributed by atoms with van der Waals surface area (Å²) in [6.45, 7) is 4.84. The SMILES string of the molecule is CCC(C)(NCCO)OCCO. The fourth-order valence-corrected chi connectivity index (χ4v) is 0.869. The van der Waals surface area contributed by atoms with Crippen molar-refractivity contribution in [2.24, 2.45) is 0 Å². The largest absolute Gasteiger partial charge is 0.395 e. The highest BCUT2D eigenvalue weighted by molar-refractivity contribution is 4.69. The highest BCUT2D eigenvalue weighted by Gasteiger charge is 2.20. The Morgan fingerprint density at radius 1 is 1.33 bits per heavy atom. The molecule has 4 heteroatoms. The maximum Gasteiger partial charge on any atom is 0.116 e. The van der Waals surface area contributed by atoms with E-state index >= 15 is 0 Å². The third kappa shape index (κ3) is 4.66. The van der Waals surface area contributed by atoms with Crippen LogP contribution in [0.1, 0.15) is 20.3 Å². The molecule has 0 aliphatic rings. The van der Waals surface area contributed by atoms with Crippen LogP contribution < -0.4 is 5.32 Å². The van der Waals surface area contributed by atoms with Crippen molar-refractivity contribution in [2.75, 3.05) is 26.4 Å². The van der Waals surface area contributed by atoms with Crippen LogP contribution in [0.3, 0.4) is 0 Å². The maximum atomic E-state index is 8.58. The normalized spacial score (nSPS) is 16.0. The molecule has 4 nitrogen and oxygen atoms in total. The maximum absolute atomic E-state index is 8.58. The van der Waals surface area contributed by atoms with Crippen LogP contribution in [0.4, 0.5) is 0 Å². The monoisotopic (exact) mass is 177 g/mol. The molecular weight excluding hydrogens is 158 g/mol. The lowest BCUT2D eigenvalue weighted by molar-refractivity contribution is -0.0723. The van der Waals surface area contributed by atoms with E-state index in [9.17, 15) is 0 Å². The first kappa shape index (κ1) is 11.8. The second kappa shape index (κ2) is 6.37. The number of rotatable bonds is 7. The predicted octanol–water partition coefficient (Wildman–Crippen LogP) is -0.297. The summed E-state index contributed by atoms with van der Waals surface area (Å²) in [5.74, 6) is 0. The van der Waals surface area contributed by atoms with Crippen molar-refractivity contribution in [1.29, 1.82) is 0 Å². The summed E-state index contributed by atoms with van der Waals surface area (Å²) in [5, 5.41) is 20.2. The van der Waals surface area contributed by atoms with Gasteiger partial charge in [-0.15, -0.1) is 0 Å². The molecule has 0 aliphatic carbocycles. The van der Waals surface area contributed by atoms with E-state index < -0.39 is 5.72 Å². The van der Waals surface area contributed by atoms with Crippen LogP contribution in [0.15, 0.2) is 0 Å². The summed E-state index contributed by atoms with van der Waals surface area (Å²) < 4.78 is 5.36. The Morgan fingerprint density at radius 2 is 2.00 bits per heavy atom. The van der Waals surface area contributed by atoms with Crippen molar-refractivity contribution in [2.45, 2.75) is 26.0 Å². The Bertz CT molecular complexity index is 100. The van der Waals surface area contributed by atoms with Crippen molar-refractivity contribution in [3.05, 3.63) is 0 Å². The highest BCUT2D eigenvalue weighted by Crippen LogP contribution is 2.09. The minimum absolute atomic E-state index is 0.0242. The van der Waals surface area contributed by atoms with Crippen LogP contribution in [0.25, 0.3) is 0 Å². The van der Waals surface area contributed by atoms with E-state index in [0.29, 0.717) is 13.2 Å². The quantitative estimate of drug-likeness (QED) is 0.467. The van der Waals surface area contributed by atoms with Crippen LogP contribution in [-0.4, -0.2) is 42.3 Å². The van der Waals surface area contributed by atoms with Gasteiger partial charge in [-0.1, -0.05) is 6.92 Å². The lowest BCUT2D eigenvalue weighted by Gasteiger charge is -2.29. The fourth-order valence-electron chi connectivity index (χ4n) is 0.869. The van der Waals surface area contributed by atoms with Gasteiger partial charge < -0.3 is 14.9 Å². The van der Waals surface area contributed by atoms with Gasteiger partial charge in [0.05, 0.1) is 19.8 Å².